The number of rotatable bonds is 2. The fraction of sp³-hybridized carbons (Fsp3) is 0.923. The summed E-state index contributed by atoms with van der Waals surface area (Å²) >= 11 is 0. The summed E-state index contributed by atoms with van der Waals surface area (Å²) in [5, 5.41) is 10.3. The molecule has 0 unspecified atom stereocenters. The van der Waals surface area contributed by atoms with E-state index in [0.717, 1.165) is 19.3 Å². The van der Waals surface area contributed by atoms with Crippen molar-refractivity contribution in [1.82, 2.24) is 4.90 Å². The lowest BCUT2D eigenvalue weighted by Crippen LogP contribution is -2.59. The number of hydrogen-bond acceptors (Lipinski definition) is 4. The van der Waals surface area contributed by atoms with Crippen LogP contribution in [-0.2, 0) is 4.74 Å². The van der Waals surface area contributed by atoms with Crippen LogP contribution in [0.15, 0.2) is 0 Å². The molecule has 1 aliphatic rings. The van der Waals surface area contributed by atoms with E-state index in [-0.39, 0.29) is 18.7 Å². The number of ether oxygens (including phenoxy) is 1. The zero-order valence-electron chi connectivity index (χ0n) is 11.9. The fourth-order valence-corrected chi connectivity index (χ4v) is 2.25. The van der Waals surface area contributed by atoms with Crippen molar-refractivity contribution in [3.8, 4) is 0 Å². The van der Waals surface area contributed by atoms with Crippen LogP contribution < -0.4 is 5.73 Å². The molecule has 2 atom stereocenters. The van der Waals surface area contributed by atoms with Gasteiger partial charge in [0.15, 0.2) is 0 Å². The van der Waals surface area contributed by atoms with Gasteiger partial charge in [-0.2, -0.15) is 0 Å². The SMILES string of the molecule is CC(C)(C)OC(=O)N1CCCC[C@@H]1[C@@](C)(O)CN. The van der Waals surface area contributed by atoms with E-state index in [4.69, 9.17) is 10.5 Å². The number of piperidine rings is 1. The first-order valence-electron chi connectivity index (χ1n) is 6.59. The lowest BCUT2D eigenvalue weighted by atomic mass is 9.88. The Morgan fingerprint density at radius 1 is 1.39 bits per heavy atom. The zero-order chi connectivity index (χ0) is 14.0. The summed E-state index contributed by atoms with van der Waals surface area (Å²) in [6, 6.07) is -0.258. The van der Waals surface area contributed by atoms with Crippen LogP contribution in [-0.4, -0.2) is 46.4 Å². The van der Waals surface area contributed by atoms with Crippen LogP contribution in [0.1, 0.15) is 47.0 Å². The number of hydrogen-bond donors (Lipinski definition) is 2. The van der Waals surface area contributed by atoms with Crippen LogP contribution in [0.3, 0.4) is 0 Å². The number of amides is 1. The summed E-state index contributed by atoms with van der Waals surface area (Å²) in [6.45, 7) is 7.95. The van der Waals surface area contributed by atoms with Crippen molar-refractivity contribution in [1.29, 1.82) is 0 Å². The summed E-state index contributed by atoms with van der Waals surface area (Å²) in [7, 11) is 0. The molecule has 1 saturated heterocycles. The highest BCUT2D eigenvalue weighted by atomic mass is 16.6. The minimum Gasteiger partial charge on any atom is -0.444 e. The molecule has 0 aliphatic carbocycles. The summed E-state index contributed by atoms with van der Waals surface area (Å²) in [5.41, 5.74) is 4.02. The standard InChI is InChI=1S/C13H26N2O3/c1-12(2,3)18-11(16)15-8-6-5-7-10(15)13(4,17)9-14/h10,17H,5-9,14H2,1-4H3/t10-,13+/m1/s1. The lowest BCUT2D eigenvalue weighted by Gasteiger charge is -2.43. The summed E-state index contributed by atoms with van der Waals surface area (Å²) in [4.78, 5) is 13.8. The molecule has 0 spiro atoms. The van der Waals surface area contributed by atoms with Crippen LogP contribution in [0.5, 0.6) is 0 Å². The van der Waals surface area contributed by atoms with Gasteiger partial charge in [-0.05, 0) is 47.0 Å². The second-order valence-corrected chi connectivity index (χ2v) is 6.25. The van der Waals surface area contributed by atoms with E-state index in [1.807, 2.05) is 20.8 Å². The number of nitrogens with zero attached hydrogens (tertiary/aromatic N) is 1. The quantitative estimate of drug-likeness (QED) is 0.786. The van der Waals surface area contributed by atoms with Crippen molar-refractivity contribution < 1.29 is 14.6 Å². The molecule has 0 bridgehead atoms. The van der Waals surface area contributed by atoms with Crippen molar-refractivity contribution in [3.63, 3.8) is 0 Å². The van der Waals surface area contributed by atoms with E-state index in [2.05, 4.69) is 0 Å². The van der Waals surface area contributed by atoms with Crippen LogP contribution >= 0.6 is 0 Å². The average molecular weight is 258 g/mol. The summed E-state index contributed by atoms with van der Waals surface area (Å²) in [5.74, 6) is 0. The first-order valence-corrected chi connectivity index (χ1v) is 6.59. The predicted molar refractivity (Wildman–Crippen MR) is 70.3 cm³/mol. The van der Waals surface area contributed by atoms with Gasteiger partial charge in [0.05, 0.1) is 11.6 Å². The Labute approximate surface area is 109 Å². The molecule has 0 aromatic rings. The van der Waals surface area contributed by atoms with Crippen molar-refractivity contribution in [2.45, 2.75) is 64.2 Å². The summed E-state index contributed by atoms with van der Waals surface area (Å²) in [6.07, 6.45) is 2.35. The second kappa shape index (κ2) is 5.45. The first-order chi connectivity index (χ1) is 8.17. The van der Waals surface area contributed by atoms with Crippen LogP contribution in [0.25, 0.3) is 0 Å². The third-order valence-corrected chi connectivity index (χ3v) is 3.26. The smallest absolute Gasteiger partial charge is 0.410 e. The average Bonchev–Trinajstić information content (AvgIpc) is 2.27. The van der Waals surface area contributed by atoms with Gasteiger partial charge in [-0.3, -0.25) is 0 Å². The monoisotopic (exact) mass is 258 g/mol. The molecule has 1 fully saturated rings. The van der Waals surface area contributed by atoms with Crippen molar-refractivity contribution >= 4 is 6.09 Å². The molecule has 0 aromatic carbocycles. The van der Waals surface area contributed by atoms with Gasteiger partial charge in [-0.15, -0.1) is 0 Å². The number of carbonyl (C=O) groups is 1. The third-order valence-electron chi connectivity index (χ3n) is 3.26. The number of likely N-dealkylation sites (tertiary alicyclic amines) is 1. The number of aliphatic hydroxyl groups is 1. The van der Waals surface area contributed by atoms with E-state index in [1.165, 1.54) is 0 Å². The van der Waals surface area contributed by atoms with E-state index in [9.17, 15) is 9.90 Å². The third kappa shape index (κ3) is 3.85. The molecular formula is C13H26N2O3. The van der Waals surface area contributed by atoms with Gasteiger partial charge < -0.3 is 20.5 Å². The second-order valence-electron chi connectivity index (χ2n) is 6.25. The van der Waals surface area contributed by atoms with E-state index in [1.54, 1.807) is 11.8 Å². The Balaban J connectivity index is 2.80. The molecule has 0 aromatic heterocycles. The molecule has 3 N–H and O–H groups in total. The summed E-state index contributed by atoms with van der Waals surface area (Å²) < 4.78 is 5.38. The minimum atomic E-state index is -1.06. The fourth-order valence-electron chi connectivity index (χ4n) is 2.25. The maximum absolute atomic E-state index is 12.1. The van der Waals surface area contributed by atoms with E-state index >= 15 is 0 Å². The Morgan fingerprint density at radius 3 is 2.50 bits per heavy atom. The highest BCUT2D eigenvalue weighted by molar-refractivity contribution is 5.69. The van der Waals surface area contributed by atoms with Crippen molar-refractivity contribution in [3.05, 3.63) is 0 Å². The van der Waals surface area contributed by atoms with Gasteiger partial charge in [0.25, 0.3) is 0 Å². The molecule has 5 nitrogen and oxygen atoms in total. The Bertz CT molecular complexity index is 297. The van der Waals surface area contributed by atoms with E-state index < -0.39 is 11.2 Å². The zero-order valence-corrected chi connectivity index (χ0v) is 11.9. The van der Waals surface area contributed by atoms with Crippen LogP contribution in [0.4, 0.5) is 4.79 Å². The molecule has 5 heteroatoms. The van der Waals surface area contributed by atoms with Crippen LogP contribution in [0, 0.1) is 0 Å². The van der Waals surface area contributed by atoms with Gasteiger partial charge in [0.2, 0.25) is 0 Å². The van der Waals surface area contributed by atoms with Gasteiger partial charge in [0.1, 0.15) is 5.60 Å². The lowest BCUT2D eigenvalue weighted by molar-refractivity contribution is -0.0540. The topological polar surface area (TPSA) is 75.8 Å². The van der Waals surface area contributed by atoms with Gasteiger partial charge in [-0.25, -0.2) is 4.79 Å². The molecular weight excluding hydrogens is 232 g/mol. The number of nitrogens with two attached hydrogens (primary N) is 1. The first kappa shape index (κ1) is 15.2. The Hall–Kier alpha value is -0.810. The predicted octanol–water partition coefficient (Wildman–Crippen LogP) is 1.49. The Kier molecular flexibility index (Phi) is 4.61. The normalized spacial score (nSPS) is 24.6. The van der Waals surface area contributed by atoms with Crippen molar-refractivity contribution in [2.24, 2.45) is 5.73 Å². The van der Waals surface area contributed by atoms with Crippen molar-refractivity contribution in [2.75, 3.05) is 13.1 Å². The van der Waals surface area contributed by atoms with E-state index in [0.29, 0.717) is 6.54 Å². The molecule has 1 aliphatic heterocycles. The molecule has 0 radical (unpaired) electrons. The molecule has 106 valence electrons. The highest BCUT2D eigenvalue weighted by Gasteiger charge is 2.40. The van der Waals surface area contributed by atoms with Gasteiger partial charge >= 0.3 is 6.09 Å². The maximum Gasteiger partial charge on any atom is 0.410 e. The largest absolute Gasteiger partial charge is 0.444 e. The highest BCUT2D eigenvalue weighted by Crippen LogP contribution is 2.27. The van der Waals surface area contributed by atoms with Gasteiger partial charge in [-0.1, -0.05) is 0 Å². The molecule has 18 heavy (non-hydrogen) atoms. The Morgan fingerprint density at radius 2 is 2.00 bits per heavy atom. The molecule has 1 heterocycles. The number of carbonyl (C=O) groups excluding carboxylic acids is 1. The minimum absolute atomic E-state index is 0.136. The molecule has 1 rings (SSSR count). The van der Waals surface area contributed by atoms with Gasteiger partial charge in [0, 0.05) is 13.1 Å². The van der Waals surface area contributed by atoms with Crippen LogP contribution in [0.2, 0.25) is 0 Å². The molecule has 1 amide bonds. The molecule has 0 saturated carbocycles. The maximum atomic E-state index is 12.1.